The lowest BCUT2D eigenvalue weighted by molar-refractivity contribution is -0.143. The Balaban J connectivity index is 1.49. The summed E-state index contributed by atoms with van der Waals surface area (Å²) in [4.78, 5) is 61.4. The summed E-state index contributed by atoms with van der Waals surface area (Å²) >= 11 is 1.06. The summed E-state index contributed by atoms with van der Waals surface area (Å²) in [6.07, 6.45) is -2.33. The number of nitrogens with one attached hydrogen (secondary N) is 2. The summed E-state index contributed by atoms with van der Waals surface area (Å²) in [5.74, 6) is -3.87. The number of ether oxygens (including phenoxy) is 1. The number of fused-ring (bicyclic) bond motifs is 1. The fourth-order valence-electron chi connectivity index (χ4n) is 7.43. The number of benzene rings is 1. The molecule has 2 heterocycles. The summed E-state index contributed by atoms with van der Waals surface area (Å²) in [6, 6.07) is 0.751. The van der Waals surface area contributed by atoms with E-state index in [0.29, 0.717) is 12.0 Å². The number of carboxylic acid groups (broad SMARTS) is 1. The summed E-state index contributed by atoms with van der Waals surface area (Å²) in [5.41, 5.74) is -0.446. The van der Waals surface area contributed by atoms with Gasteiger partial charge in [0.2, 0.25) is 11.8 Å². The van der Waals surface area contributed by atoms with Crippen molar-refractivity contribution in [2.45, 2.75) is 115 Å². The first-order valence-electron chi connectivity index (χ1n) is 18.6. The SMILES string of the molecule is CC[C@H](C)[C@H](NC(=O)[C@H]1CCCCN1C)C(=O)N(CCOC)[C@H](C[C@@H](O)c1nc(C(=O)N[C@H]2Cc3ccc(C(F)(F)F)cc3[C@H](C(=O)O)C2)cs1)C(C)C. The van der Waals surface area contributed by atoms with E-state index >= 15 is 0 Å². The average molecular weight is 782 g/mol. The number of piperidine rings is 1. The lowest BCUT2D eigenvalue weighted by Gasteiger charge is -2.39. The number of likely N-dealkylation sites (tertiary alicyclic amines) is 1. The fraction of sp³-hybridized carbons (Fsp3) is 0.658. The van der Waals surface area contributed by atoms with E-state index in [0.717, 1.165) is 49.3 Å². The van der Waals surface area contributed by atoms with Crippen LogP contribution in [0, 0.1) is 11.8 Å². The molecule has 2 aromatic rings. The Kier molecular flexibility index (Phi) is 15.0. The van der Waals surface area contributed by atoms with Crippen LogP contribution in [0.25, 0.3) is 0 Å². The predicted molar refractivity (Wildman–Crippen MR) is 197 cm³/mol. The second-order valence-corrected chi connectivity index (χ2v) is 15.8. The number of rotatable bonds is 16. The van der Waals surface area contributed by atoms with Crippen LogP contribution in [0.2, 0.25) is 0 Å². The molecule has 16 heteroatoms. The molecule has 0 radical (unpaired) electrons. The molecule has 4 N–H and O–H groups in total. The van der Waals surface area contributed by atoms with Gasteiger partial charge in [0.05, 0.1) is 24.1 Å². The number of aliphatic hydroxyl groups is 1. The zero-order chi connectivity index (χ0) is 39.9. The number of likely N-dealkylation sites (N-methyl/N-ethyl adjacent to an activating group) is 1. The smallest absolute Gasteiger partial charge is 0.416 e. The second kappa shape index (κ2) is 18.8. The molecule has 1 fully saturated rings. The van der Waals surface area contributed by atoms with Crippen molar-refractivity contribution >= 4 is 35.0 Å². The molecule has 0 saturated carbocycles. The number of nitrogens with zero attached hydrogens (tertiary/aromatic N) is 3. The first kappa shape index (κ1) is 43.1. The topological polar surface area (TPSA) is 161 Å². The summed E-state index contributed by atoms with van der Waals surface area (Å²) < 4.78 is 45.4. The number of thiazole rings is 1. The highest BCUT2D eigenvalue weighted by Crippen LogP contribution is 2.38. The van der Waals surface area contributed by atoms with Gasteiger partial charge in [0.15, 0.2) is 0 Å². The van der Waals surface area contributed by atoms with E-state index in [1.807, 2.05) is 39.6 Å². The minimum Gasteiger partial charge on any atom is -0.481 e. The molecule has 2 aliphatic rings. The normalized spacial score (nSPS) is 21.4. The lowest BCUT2D eigenvalue weighted by atomic mass is 9.79. The van der Waals surface area contributed by atoms with Gasteiger partial charge in [-0.25, -0.2) is 4.98 Å². The van der Waals surface area contributed by atoms with Crippen LogP contribution in [0.15, 0.2) is 23.6 Å². The summed E-state index contributed by atoms with van der Waals surface area (Å²) in [6.45, 7) is 9.04. The molecule has 12 nitrogen and oxygen atoms in total. The van der Waals surface area contributed by atoms with Crippen LogP contribution in [0.3, 0.4) is 0 Å². The van der Waals surface area contributed by atoms with Crippen molar-refractivity contribution in [1.29, 1.82) is 0 Å². The third-order valence-corrected chi connectivity index (χ3v) is 11.8. The number of aromatic nitrogens is 1. The first-order chi connectivity index (χ1) is 25.5. The monoisotopic (exact) mass is 781 g/mol. The molecule has 0 bridgehead atoms. The Morgan fingerprint density at radius 2 is 1.89 bits per heavy atom. The molecule has 300 valence electrons. The molecule has 0 unspecified atom stereocenters. The molecule has 1 saturated heterocycles. The zero-order valence-corrected chi connectivity index (χ0v) is 32.6. The van der Waals surface area contributed by atoms with Crippen molar-refractivity contribution in [3.63, 3.8) is 0 Å². The Bertz CT molecular complexity index is 1620. The van der Waals surface area contributed by atoms with Crippen LogP contribution in [0.4, 0.5) is 13.2 Å². The summed E-state index contributed by atoms with van der Waals surface area (Å²) in [5, 5.41) is 28.9. The highest BCUT2D eigenvalue weighted by molar-refractivity contribution is 7.09. The van der Waals surface area contributed by atoms with Crippen molar-refractivity contribution in [1.82, 2.24) is 25.4 Å². The van der Waals surface area contributed by atoms with E-state index < -0.39 is 53.8 Å². The molecule has 1 aliphatic heterocycles. The number of methoxy groups -OCH3 is 1. The maximum atomic E-state index is 14.4. The van der Waals surface area contributed by atoms with Gasteiger partial charge >= 0.3 is 12.1 Å². The lowest BCUT2D eigenvalue weighted by Crippen LogP contribution is -2.59. The highest BCUT2D eigenvalue weighted by atomic mass is 32.1. The molecule has 1 aromatic carbocycles. The molecule has 54 heavy (non-hydrogen) atoms. The van der Waals surface area contributed by atoms with Crippen LogP contribution < -0.4 is 10.6 Å². The van der Waals surface area contributed by atoms with E-state index in [1.54, 1.807) is 4.90 Å². The number of halogens is 3. The fourth-order valence-corrected chi connectivity index (χ4v) is 8.22. The maximum Gasteiger partial charge on any atom is 0.416 e. The van der Waals surface area contributed by atoms with Gasteiger partial charge in [-0.1, -0.05) is 46.6 Å². The highest BCUT2D eigenvalue weighted by Gasteiger charge is 2.39. The van der Waals surface area contributed by atoms with Gasteiger partial charge in [0, 0.05) is 37.5 Å². The van der Waals surface area contributed by atoms with Gasteiger partial charge in [-0.05, 0) is 74.4 Å². The van der Waals surface area contributed by atoms with Crippen LogP contribution in [-0.4, -0.2) is 107 Å². The van der Waals surface area contributed by atoms with Crippen LogP contribution in [0.5, 0.6) is 0 Å². The third-order valence-electron chi connectivity index (χ3n) is 10.8. The number of aliphatic carboxylic acids is 1. The van der Waals surface area contributed by atoms with Crippen LogP contribution in [0.1, 0.15) is 110 Å². The maximum absolute atomic E-state index is 14.4. The summed E-state index contributed by atoms with van der Waals surface area (Å²) in [7, 11) is 3.45. The number of carbonyl (C=O) groups excluding carboxylic acids is 3. The average Bonchev–Trinajstić information content (AvgIpc) is 3.63. The Morgan fingerprint density at radius 1 is 1.17 bits per heavy atom. The van der Waals surface area contributed by atoms with E-state index in [4.69, 9.17) is 4.74 Å². The van der Waals surface area contributed by atoms with Gasteiger partial charge in [0.25, 0.3) is 5.91 Å². The molecule has 1 aromatic heterocycles. The van der Waals surface area contributed by atoms with E-state index in [-0.39, 0.29) is 78.4 Å². The van der Waals surface area contributed by atoms with E-state index in [9.17, 15) is 42.6 Å². The third kappa shape index (κ3) is 10.6. The van der Waals surface area contributed by atoms with E-state index in [2.05, 4.69) is 15.6 Å². The van der Waals surface area contributed by atoms with Gasteiger partial charge in [-0.3, -0.25) is 24.1 Å². The zero-order valence-electron chi connectivity index (χ0n) is 31.8. The molecular weight excluding hydrogens is 728 g/mol. The Labute approximate surface area is 318 Å². The number of amides is 3. The van der Waals surface area contributed by atoms with Crippen LogP contribution >= 0.6 is 11.3 Å². The molecule has 7 atom stereocenters. The number of hydrogen-bond acceptors (Lipinski definition) is 9. The van der Waals surface area contributed by atoms with Crippen molar-refractivity contribution in [2.24, 2.45) is 11.8 Å². The molecule has 3 amide bonds. The Morgan fingerprint density at radius 3 is 2.50 bits per heavy atom. The van der Waals surface area contributed by atoms with Crippen molar-refractivity contribution in [3.8, 4) is 0 Å². The number of hydrogen-bond donors (Lipinski definition) is 4. The number of carbonyl (C=O) groups is 4. The van der Waals surface area contributed by atoms with Gasteiger partial charge in [0.1, 0.15) is 22.8 Å². The number of aliphatic hydroxyl groups excluding tert-OH is 1. The molecular formula is C38H54F3N5O7S. The van der Waals surface area contributed by atoms with E-state index in [1.165, 1.54) is 18.6 Å². The Hall–Kier alpha value is -3.60. The van der Waals surface area contributed by atoms with Gasteiger partial charge in [-0.2, -0.15) is 13.2 Å². The van der Waals surface area contributed by atoms with Crippen molar-refractivity contribution in [3.05, 3.63) is 51.0 Å². The largest absolute Gasteiger partial charge is 0.481 e. The molecule has 1 aliphatic carbocycles. The van der Waals surface area contributed by atoms with Gasteiger partial charge in [-0.15, -0.1) is 11.3 Å². The van der Waals surface area contributed by atoms with Crippen molar-refractivity contribution < 1.29 is 47.3 Å². The minimum absolute atomic E-state index is 0.000202. The molecule has 0 spiro atoms. The number of alkyl halides is 3. The van der Waals surface area contributed by atoms with Crippen LogP contribution in [-0.2, 0) is 31.7 Å². The first-order valence-corrected chi connectivity index (χ1v) is 19.5. The quantitative estimate of drug-likeness (QED) is 0.184. The molecule has 4 rings (SSSR count). The minimum atomic E-state index is -4.62. The van der Waals surface area contributed by atoms with Crippen molar-refractivity contribution in [2.75, 3.05) is 33.9 Å². The van der Waals surface area contributed by atoms with Gasteiger partial charge < -0.3 is 30.5 Å². The number of carboxylic acids is 1. The predicted octanol–water partition coefficient (Wildman–Crippen LogP) is 5.01. The standard InChI is InChI=1S/C38H54F3N5O7S/c1-7-22(4)32(44-34(49)29-10-8-9-13-45(29)5)36(50)46(14-15-53-6)30(21(2)3)19-31(47)35-43-28(20-54-35)33(48)42-25-16-23-11-12-24(38(39,40)41)17-26(23)27(18-25)37(51)52/h11-12,17,20-22,25,27,29-32,47H,7-10,13-16,18-19H2,1-6H3,(H,42,48)(H,44,49)(H,51,52)/t22-,25-,27+,29+,30+,31+,32-/m0/s1. The second-order valence-electron chi connectivity index (χ2n) is 14.9.